The van der Waals surface area contributed by atoms with Crippen LogP contribution in [0, 0.1) is 11.8 Å². The Morgan fingerprint density at radius 3 is 2.62 bits per heavy atom. The zero-order valence-electron chi connectivity index (χ0n) is 16.3. The Hall–Kier alpha value is -1.41. The zero-order valence-corrected chi connectivity index (χ0v) is 17.1. The van der Waals surface area contributed by atoms with E-state index in [1.807, 2.05) is 4.57 Å². The highest BCUT2D eigenvalue weighted by molar-refractivity contribution is 7.91. The minimum atomic E-state index is -3.44. The molecular weight excluding hydrogens is 352 g/mol. The Balaban J connectivity index is 2.27. The van der Waals surface area contributed by atoms with Crippen molar-refractivity contribution in [2.45, 2.75) is 70.5 Å². The van der Waals surface area contributed by atoms with Crippen LogP contribution in [0.3, 0.4) is 0 Å². The minimum Gasteiger partial charge on any atom is -0.369 e. The number of nitrogens with zero attached hydrogens (tertiary/aromatic N) is 3. The zero-order chi connectivity index (χ0) is 19.5. The molecule has 1 fully saturated rings. The number of hydrogen-bond acceptors (Lipinski definition) is 5. The summed E-state index contributed by atoms with van der Waals surface area (Å²) in [6, 6.07) is 0. The Labute approximate surface area is 156 Å². The maximum absolute atomic E-state index is 12.7. The van der Waals surface area contributed by atoms with Gasteiger partial charge in [0.25, 0.3) is 0 Å². The number of amides is 1. The van der Waals surface area contributed by atoms with E-state index in [4.69, 9.17) is 5.73 Å². The van der Waals surface area contributed by atoms with Gasteiger partial charge in [-0.2, -0.15) is 0 Å². The number of likely N-dealkylation sites (tertiary alicyclic amines) is 1. The summed E-state index contributed by atoms with van der Waals surface area (Å²) in [4.78, 5) is 17.9. The van der Waals surface area contributed by atoms with Crippen LogP contribution < -0.4 is 5.73 Å². The van der Waals surface area contributed by atoms with Gasteiger partial charge in [-0.1, -0.05) is 13.8 Å². The number of sulfone groups is 1. The smallest absolute Gasteiger partial charge is 0.228 e. The first kappa shape index (κ1) is 20.9. The summed E-state index contributed by atoms with van der Waals surface area (Å²) in [5.74, 6) is 0.0785. The van der Waals surface area contributed by atoms with Crippen molar-refractivity contribution in [1.29, 1.82) is 0 Å². The molecule has 0 saturated carbocycles. The SMILES string of the molecule is CC(C)CCn1c(CN2CCC[C@@H](C(N)=O)C2)cnc1S(=O)(=O)C(C)C. The molecule has 26 heavy (non-hydrogen) atoms. The minimum absolute atomic E-state index is 0.130. The monoisotopic (exact) mass is 384 g/mol. The molecule has 1 atom stereocenters. The number of aromatic nitrogens is 2. The maximum Gasteiger partial charge on any atom is 0.228 e. The van der Waals surface area contributed by atoms with Crippen molar-refractivity contribution in [3.05, 3.63) is 11.9 Å². The topological polar surface area (TPSA) is 98.3 Å². The highest BCUT2D eigenvalue weighted by Crippen LogP contribution is 2.22. The van der Waals surface area contributed by atoms with Gasteiger partial charge in [-0.3, -0.25) is 9.69 Å². The highest BCUT2D eigenvalue weighted by atomic mass is 32.2. The largest absolute Gasteiger partial charge is 0.369 e. The summed E-state index contributed by atoms with van der Waals surface area (Å²) in [6.45, 7) is 10.3. The molecule has 2 N–H and O–H groups in total. The van der Waals surface area contributed by atoms with Crippen LogP contribution in [-0.2, 0) is 27.7 Å². The molecule has 148 valence electrons. The molecule has 7 nitrogen and oxygen atoms in total. The van der Waals surface area contributed by atoms with Crippen molar-refractivity contribution < 1.29 is 13.2 Å². The quantitative estimate of drug-likeness (QED) is 0.737. The van der Waals surface area contributed by atoms with E-state index in [0.29, 0.717) is 25.6 Å². The lowest BCUT2D eigenvalue weighted by Crippen LogP contribution is -2.41. The number of primary amides is 1. The second-order valence-corrected chi connectivity index (χ2v) is 10.3. The van der Waals surface area contributed by atoms with Crippen LogP contribution >= 0.6 is 0 Å². The molecule has 1 aromatic heterocycles. The average Bonchev–Trinajstić information content (AvgIpc) is 2.96. The summed E-state index contributed by atoms with van der Waals surface area (Å²) in [5, 5.41) is -0.351. The summed E-state index contributed by atoms with van der Waals surface area (Å²) in [7, 11) is -3.44. The predicted molar refractivity (Wildman–Crippen MR) is 101 cm³/mol. The fraction of sp³-hybridized carbons (Fsp3) is 0.778. The summed E-state index contributed by atoms with van der Waals surface area (Å²) >= 11 is 0. The van der Waals surface area contributed by atoms with Crippen LogP contribution in [0.15, 0.2) is 11.4 Å². The molecule has 1 aromatic rings. The van der Waals surface area contributed by atoms with E-state index >= 15 is 0 Å². The van der Waals surface area contributed by atoms with E-state index in [1.54, 1.807) is 20.0 Å². The fourth-order valence-corrected chi connectivity index (χ4v) is 4.38. The Kier molecular flexibility index (Phi) is 6.85. The van der Waals surface area contributed by atoms with Gasteiger partial charge in [-0.05, 0) is 45.6 Å². The number of carbonyl (C=O) groups excluding carboxylic acids is 1. The predicted octanol–water partition coefficient (Wildman–Crippen LogP) is 1.81. The van der Waals surface area contributed by atoms with Crippen LogP contribution in [0.4, 0.5) is 0 Å². The van der Waals surface area contributed by atoms with Gasteiger partial charge in [0.1, 0.15) is 0 Å². The molecule has 0 bridgehead atoms. The summed E-state index contributed by atoms with van der Waals surface area (Å²) in [5.41, 5.74) is 6.35. The van der Waals surface area contributed by atoms with E-state index in [9.17, 15) is 13.2 Å². The van der Waals surface area contributed by atoms with E-state index in [0.717, 1.165) is 31.5 Å². The number of imidazole rings is 1. The third-order valence-corrected chi connectivity index (χ3v) is 7.08. The molecule has 8 heteroatoms. The van der Waals surface area contributed by atoms with Crippen molar-refractivity contribution in [1.82, 2.24) is 14.5 Å². The van der Waals surface area contributed by atoms with E-state index < -0.39 is 15.1 Å². The van der Waals surface area contributed by atoms with Crippen molar-refractivity contribution in [2.24, 2.45) is 17.6 Å². The molecule has 0 aliphatic carbocycles. The molecule has 0 aromatic carbocycles. The lowest BCUT2D eigenvalue weighted by atomic mass is 9.97. The number of piperidine rings is 1. The second kappa shape index (κ2) is 8.52. The normalized spacial score (nSPS) is 19.4. The molecule has 2 heterocycles. The number of hydrogen-bond donors (Lipinski definition) is 1. The van der Waals surface area contributed by atoms with Crippen LogP contribution in [0.25, 0.3) is 0 Å². The van der Waals surface area contributed by atoms with Crippen molar-refractivity contribution in [2.75, 3.05) is 13.1 Å². The Bertz CT molecular complexity index is 725. The molecule has 1 amide bonds. The summed E-state index contributed by atoms with van der Waals surface area (Å²) in [6.07, 6.45) is 4.30. The molecule has 2 rings (SSSR count). The van der Waals surface area contributed by atoms with Gasteiger partial charge in [0.2, 0.25) is 20.9 Å². The van der Waals surface area contributed by atoms with Crippen LogP contribution in [0.5, 0.6) is 0 Å². The maximum atomic E-state index is 12.7. The lowest BCUT2D eigenvalue weighted by molar-refractivity contribution is -0.123. The van der Waals surface area contributed by atoms with Gasteiger partial charge in [-0.15, -0.1) is 0 Å². The molecule has 0 unspecified atom stereocenters. The third kappa shape index (κ3) is 4.85. The molecule has 1 saturated heterocycles. The summed E-state index contributed by atoms with van der Waals surface area (Å²) < 4.78 is 27.2. The van der Waals surface area contributed by atoms with Crippen molar-refractivity contribution >= 4 is 15.7 Å². The fourth-order valence-electron chi connectivity index (χ4n) is 3.24. The number of rotatable bonds is 8. The van der Waals surface area contributed by atoms with Gasteiger partial charge in [-0.25, -0.2) is 13.4 Å². The van der Waals surface area contributed by atoms with Gasteiger partial charge in [0.15, 0.2) is 0 Å². The first-order valence-corrected chi connectivity index (χ1v) is 11.0. The lowest BCUT2D eigenvalue weighted by Gasteiger charge is -2.31. The van der Waals surface area contributed by atoms with Crippen LogP contribution in [0.1, 0.15) is 52.7 Å². The third-order valence-electron chi connectivity index (χ3n) is 5.00. The van der Waals surface area contributed by atoms with Gasteiger partial charge in [0, 0.05) is 19.6 Å². The Morgan fingerprint density at radius 2 is 2.04 bits per heavy atom. The van der Waals surface area contributed by atoms with Crippen LogP contribution in [-0.4, -0.2) is 47.1 Å². The molecule has 0 spiro atoms. The van der Waals surface area contributed by atoms with Gasteiger partial charge in [0.05, 0.1) is 23.1 Å². The molecule has 0 radical (unpaired) electrons. The first-order chi connectivity index (χ1) is 12.1. The van der Waals surface area contributed by atoms with Crippen molar-refractivity contribution in [3.8, 4) is 0 Å². The van der Waals surface area contributed by atoms with Gasteiger partial charge < -0.3 is 10.3 Å². The second-order valence-electron chi connectivity index (χ2n) is 7.94. The van der Waals surface area contributed by atoms with Crippen molar-refractivity contribution in [3.63, 3.8) is 0 Å². The first-order valence-electron chi connectivity index (χ1n) is 9.42. The number of nitrogens with two attached hydrogens (primary N) is 1. The van der Waals surface area contributed by atoms with Gasteiger partial charge >= 0.3 is 0 Å². The van der Waals surface area contributed by atoms with Crippen LogP contribution in [0.2, 0.25) is 0 Å². The standard InChI is InChI=1S/C18H32N4O3S/c1-13(2)7-9-22-16(10-20-18(22)26(24,25)14(3)4)12-21-8-5-6-15(11-21)17(19)23/h10,13-15H,5-9,11-12H2,1-4H3,(H2,19,23)/t15-/m1/s1. The highest BCUT2D eigenvalue weighted by Gasteiger charge is 2.29. The Morgan fingerprint density at radius 1 is 1.35 bits per heavy atom. The average molecular weight is 385 g/mol. The molecule has 1 aliphatic heterocycles. The molecular formula is C18H32N4O3S. The molecule has 1 aliphatic rings. The number of carbonyl (C=O) groups is 1. The van der Waals surface area contributed by atoms with E-state index in [-0.39, 0.29) is 17.0 Å². The van der Waals surface area contributed by atoms with E-state index in [1.165, 1.54) is 0 Å². The van der Waals surface area contributed by atoms with E-state index in [2.05, 4.69) is 23.7 Å².